The minimum Gasteiger partial charge on any atom is -0.0596 e. The van der Waals surface area contributed by atoms with Crippen LogP contribution >= 0.6 is 0 Å². The Morgan fingerprint density at radius 1 is 0.688 bits per heavy atom. The van der Waals surface area contributed by atoms with Crippen molar-refractivity contribution < 1.29 is 0 Å². The number of hydrogen-bond acceptors (Lipinski definition) is 0. The first kappa shape index (κ1) is 14.1. The molecule has 0 aliphatic heterocycles. The first-order chi connectivity index (χ1) is 6.71. The Morgan fingerprint density at radius 2 is 1.06 bits per heavy atom. The van der Waals surface area contributed by atoms with Crippen LogP contribution in [0, 0.1) is 27.1 Å². The van der Waals surface area contributed by atoms with Gasteiger partial charge in [0.05, 0.1) is 0 Å². The lowest BCUT2D eigenvalue weighted by Gasteiger charge is -2.53. The maximum absolute atomic E-state index is 2.50. The highest BCUT2D eigenvalue weighted by Crippen LogP contribution is 2.74. The molecule has 0 bridgehead atoms. The normalized spacial score (nSPS) is 36.4. The van der Waals surface area contributed by atoms with Crippen LogP contribution in [-0.2, 0) is 0 Å². The van der Waals surface area contributed by atoms with Gasteiger partial charge in [-0.05, 0) is 33.5 Å². The van der Waals surface area contributed by atoms with Crippen molar-refractivity contribution in [2.75, 3.05) is 0 Å². The second-order valence-electron chi connectivity index (χ2n) is 8.89. The summed E-state index contributed by atoms with van der Waals surface area (Å²) in [6.07, 6.45) is 1.32. The zero-order chi connectivity index (χ0) is 13.2. The summed E-state index contributed by atoms with van der Waals surface area (Å²) >= 11 is 0. The van der Waals surface area contributed by atoms with Crippen molar-refractivity contribution in [2.24, 2.45) is 27.1 Å². The van der Waals surface area contributed by atoms with E-state index >= 15 is 0 Å². The molecule has 0 radical (unpaired) electrons. The molecule has 96 valence electrons. The van der Waals surface area contributed by atoms with Gasteiger partial charge in [0.2, 0.25) is 0 Å². The fourth-order valence-electron chi connectivity index (χ4n) is 4.06. The summed E-state index contributed by atoms with van der Waals surface area (Å²) < 4.78 is 0. The highest BCUT2D eigenvalue weighted by Gasteiger charge is 2.66. The summed E-state index contributed by atoms with van der Waals surface area (Å²) in [6, 6.07) is 0. The van der Waals surface area contributed by atoms with Gasteiger partial charge in [0.15, 0.2) is 0 Å². The number of hydrogen-bond donors (Lipinski definition) is 0. The Labute approximate surface area is 103 Å². The molecule has 1 rings (SSSR count). The van der Waals surface area contributed by atoms with Gasteiger partial charge in [-0.3, -0.25) is 0 Å². The lowest BCUT2D eigenvalue weighted by molar-refractivity contribution is -0.0509. The maximum Gasteiger partial charge on any atom is -0.0215 e. The maximum atomic E-state index is 2.50. The Hall–Kier alpha value is 0. The van der Waals surface area contributed by atoms with Crippen LogP contribution in [-0.4, -0.2) is 0 Å². The van der Waals surface area contributed by atoms with E-state index in [0.717, 1.165) is 0 Å². The molecule has 0 nitrogen and oxygen atoms in total. The molecule has 0 N–H and O–H groups in total. The average molecular weight is 224 g/mol. The van der Waals surface area contributed by atoms with Gasteiger partial charge in [-0.2, -0.15) is 0 Å². The van der Waals surface area contributed by atoms with Crippen molar-refractivity contribution in [1.82, 2.24) is 0 Å². The molecule has 16 heavy (non-hydrogen) atoms. The van der Waals surface area contributed by atoms with Crippen molar-refractivity contribution in [2.45, 2.75) is 75.7 Å². The monoisotopic (exact) mass is 224 g/mol. The van der Waals surface area contributed by atoms with Crippen LogP contribution in [0.1, 0.15) is 75.7 Å². The van der Waals surface area contributed by atoms with E-state index in [-0.39, 0.29) is 0 Å². The fraction of sp³-hybridized carbons (Fsp3) is 1.00. The van der Waals surface area contributed by atoms with Crippen LogP contribution in [0.2, 0.25) is 0 Å². The SMILES string of the molecule is CC1(C)C[C@](C)(C(C)(C)C)C(C)(C)C1(C)C. The average Bonchev–Trinajstić information content (AvgIpc) is 2.07. The Balaban J connectivity index is 3.41. The largest absolute Gasteiger partial charge is 0.0596 e. The Morgan fingerprint density at radius 3 is 1.19 bits per heavy atom. The summed E-state index contributed by atoms with van der Waals surface area (Å²) in [6.45, 7) is 24.5. The minimum absolute atomic E-state index is 0.363. The van der Waals surface area contributed by atoms with E-state index in [2.05, 4.69) is 69.2 Å². The molecule has 0 heteroatoms. The molecule has 1 aliphatic rings. The van der Waals surface area contributed by atoms with E-state index < -0.39 is 0 Å². The molecule has 0 aromatic carbocycles. The summed E-state index contributed by atoms with van der Waals surface area (Å²) in [5.74, 6) is 0. The van der Waals surface area contributed by atoms with E-state index in [1.165, 1.54) is 6.42 Å². The topological polar surface area (TPSA) is 0 Å². The van der Waals surface area contributed by atoms with E-state index in [4.69, 9.17) is 0 Å². The molecule has 1 saturated carbocycles. The van der Waals surface area contributed by atoms with Gasteiger partial charge in [0.1, 0.15) is 0 Å². The van der Waals surface area contributed by atoms with Gasteiger partial charge in [-0.25, -0.2) is 0 Å². The van der Waals surface area contributed by atoms with Crippen LogP contribution < -0.4 is 0 Å². The highest BCUT2D eigenvalue weighted by atomic mass is 14.7. The first-order valence-corrected chi connectivity index (χ1v) is 6.71. The summed E-state index contributed by atoms with van der Waals surface area (Å²) in [5, 5.41) is 0. The quantitative estimate of drug-likeness (QED) is 0.508. The van der Waals surface area contributed by atoms with E-state index in [9.17, 15) is 0 Å². The molecule has 0 saturated heterocycles. The summed E-state index contributed by atoms with van der Waals surface area (Å²) in [7, 11) is 0. The molecule has 0 unspecified atom stereocenters. The fourth-order valence-corrected chi connectivity index (χ4v) is 4.06. The van der Waals surface area contributed by atoms with Crippen LogP contribution in [0.15, 0.2) is 0 Å². The van der Waals surface area contributed by atoms with Gasteiger partial charge >= 0.3 is 0 Å². The molecule has 1 fully saturated rings. The Bertz CT molecular complexity index is 286. The number of rotatable bonds is 0. The predicted octanol–water partition coefficient (Wildman–Crippen LogP) is 5.52. The van der Waals surface area contributed by atoms with Gasteiger partial charge in [0, 0.05) is 0 Å². The second kappa shape index (κ2) is 3.06. The predicted molar refractivity (Wildman–Crippen MR) is 73.5 cm³/mol. The summed E-state index contributed by atoms with van der Waals surface area (Å²) in [5.41, 5.74) is 1.91. The van der Waals surface area contributed by atoms with Crippen molar-refractivity contribution in [3.05, 3.63) is 0 Å². The molecule has 0 aromatic rings. The minimum atomic E-state index is 0.363. The smallest absolute Gasteiger partial charge is 0.0215 e. The van der Waals surface area contributed by atoms with Gasteiger partial charge in [-0.15, -0.1) is 0 Å². The molecule has 0 spiro atoms. The van der Waals surface area contributed by atoms with Crippen molar-refractivity contribution in [3.63, 3.8) is 0 Å². The van der Waals surface area contributed by atoms with E-state index in [1.54, 1.807) is 0 Å². The lowest BCUT2D eigenvalue weighted by Crippen LogP contribution is -2.47. The molecule has 0 amide bonds. The second-order valence-corrected chi connectivity index (χ2v) is 8.89. The summed E-state index contributed by atoms with van der Waals surface area (Å²) in [4.78, 5) is 0. The molecule has 1 atom stereocenters. The van der Waals surface area contributed by atoms with Crippen molar-refractivity contribution in [3.8, 4) is 0 Å². The van der Waals surface area contributed by atoms with Crippen LogP contribution in [0.25, 0.3) is 0 Å². The molecular formula is C16H32. The third kappa shape index (κ3) is 1.34. The third-order valence-electron chi connectivity index (χ3n) is 7.08. The molecule has 0 aromatic heterocycles. The molecule has 0 heterocycles. The lowest BCUT2D eigenvalue weighted by atomic mass is 9.51. The van der Waals surface area contributed by atoms with Gasteiger partial charge in [-0.1, -0.05) is 69.2 Å². The van der Waals surface area contributed by atoms with Crippen LogP contribution in [0.4, 0.5) is 0 Å². The Kier molecular flexibility index (Phi) is 2.69. The van der Waals surface area contributed by atoms with Crippen molar-refractivity contribution >= 4 is 0 Å². The van der Waals surface area contributed by atoms with Crippen LogP contribution in [0.5, 0.6) is 0 Å². The highest BCUT2D eigenvalue weighted by molar-refractivity contribution is 5.15. The molecular weight excluding hydrogens is 192 g/mol. The van der Waals surface area contributed by atoms with Crippen LogP contribution in [0.3, 0.4) is 0 Å². The standard InChI is InChI=1S/C16H32/c1-12(2,3)16(10)11-13(4,5)14(6,7)15(16,8)9/h11H2,1-10H3/t16-/m1/s1. The van der Waals surface area contributed by atoms with Crippen molar-refractivity contribution in [1.29, 1.82) is 0 Å². The third-order valence-corrected chi connectivity index (χ3v) is 7.08. The van der Waals surface area contributed by atoms with E-state index in [1.807, 2.05) is 0 Å². The zero-order valence-corrected chi connectivity index (χ0v) is 13.2. The first-order valence-electron chi connectivity index (χ1n) is 6.71. The molecule has 1 aliphatic carbocycles. The van der Waals surface area contributed by atoms with E-state index in [0.29, 0.717) is 27.1 Å². The van der Waals surface area contributed by atoms with Gasteiger partial charge in [0.25, 0.3) is 0 Å². The van der Waals surface area contributed by atoms with Gasteiger partial charge < -0.3 is 0 Å². The zero-order valence-electron chi connectivity index (χ0n) is 13.2.